The first-order valence-corrected chi connectivity index (χ1v) is 8.91. The molecule has 0 aliphatic rings. The minimum Gasteiger partial charge on any atom is -0.462 e. The summed E-state index contributed by atoms with van der Waals surface area (Å²) in [7, 11) is 4.16. The first kappa shape index (κ1) is 18.6. The lowest BCUT2D eigenvalue weighted by atomic mass is 9.99. The van der Waals surface area contributed by atoms with Gasteiger partial charge < -0.3 is 15.0 Å². The van der Waals surface area contributed by atoms with E-state index in [0.717, 1.165) is 5.01 Å². The highest BCUT2D eigenvalue weighted by atomic mass is 32.1. The van der Waals surface area contributed by atoms with E-state index >= 15 is 0 Å². The molecule has 1 aromatic carbocycles. The van der Waals surface area contributed by atoms with Crippen LogP contribution in [0.15, 0.2) is 36.5 Å². The topological polar surface area (TPSA) is 54.5 Å². The highest BCUT2D eigenvalue weighted by molar-refractivity contribution is 7.13. The van der Waals surface area contributed by atoms with Crippen molar-refractivity contribution in [2.24, 2.45) is 0 Å². The van der Waals surface area contributed by atoms with Crippen LogP contribution in [0.1, 0.15) is 40.1 Å². The summed E-state index contributed by atoms with van der Waals surface area (Å²) in [5.74, 6) is -0.301. The SMILES string of the molecule is CCOC(=O)c1cnc(CNC(C)C(c2ccccc2)N(C)C)s1. The van der Waals surface area contributed by atoms with Crippen LogP contribution in [0, 0.1) is 0 Å². The van der Waals surface area contributed by atoms with E-state index in [0.29, 0.717) is 18.0 Å². The van der Waals surface area contributed by atoms with Gasteiger partial charge in [0.2, 0.25) is 0 Å². The number of rotatable bonds is 8. The van der Waals surface area contributed by atoms with Gasteiger partial charge in [0.15, 0.2) is 0 Å². The average molecular weight is 347 g/mol. The molecule has 0 amide bonds. The first-order valence-electron chi connectivity index (χ1n) is 8.09. The lowest BCUT2D eigenvalue weighted by Gasteiger charge is -2.31. The molecular weight excluding hydrogens is 322 g/mol. The Morgan fingerprint density at radius 2 is 2.04 bits per heavy atom. The normalized spacial score (nSPS) is 13.7. The van der Waals surface area contributed by atoms with Gasteiger partial charge in [0.1, 0.15) is 9.88 Å². The number of likely N-dealkylation sites (N-methyl/N-ethyl adjacent to an activating group) is 1. The van der Waals surface area contributed by atoms with Crippen molar-refractivity contribution in [3.05, 3.63) is 52.0 Å². The fourth-order valence-electron chi connectivity index (χ4n) is 2.73. The van der Waals surface area contributed by atoms with Crippen LogP contribution in [0.2, 0.25) is 0 Å². The molecule has 0 spiro atoms. The Morgan fingerprint density at radius 1 is 1.33 bits per heavy atom. The number of hydrogen-bond acceptors (Lipinski definition) is 6. The van der Waals surface area contributed by atoms with Gasteiger partial charge in [-0.25, -0.2) is 9.78 Å². The van der Waals surface area contributed by atoms with Gasteiger partial charge in [0, 0.05) is 18.6 Å². The molecule has 0 fully saturated rings. The molecule has 0 radical (unpaired) electrons. The zero-order chi connectivity index (χ0) is 17.5. The van der Waals surface area contributed by atoms with E-state index in [1.165, 1.54) is 16.9 Å². The van der Waals surface area contributed by atoms with E-state index < -0.39 is 0 Å². The van der Waals surface area contributed by atoms with Crippen molar-refractivity contribution in [3.63, 3.8) is 0 Å². The van der Waals surface area contributed by atoms with E-state index in [1.54, 1.807) is 13.1 Å². The Labute approximate surface area is 147 Å². The molecule has 2 rings (SSSR count). The van der Waals surface area contributed by atoms with E-state index in [-0.39, 0.29) is 18.1 Å². The summed E-state index contributed by atoms with van der Waals surface area (Å²) in [6.07, 6.45) is 1.59. The lowest BCUT2D eigenvalue weighted by molar-refractivity contribution is 0.0532. The average Bonchev–Trinajstić information content (AvgIpc) is 3.03. The van der Waals surface area contributed by atoms with E-state index in [9.17, 15) is 4.79 Å². The number of carbonyl (C=O) groups is 1. The van der Waals surface area contributed by atoms with Gasteiger partial charge in [-0.05, 0) is 33.5 Å². The third-order valence-corrected chi connectivity index (χ3v) is 4.75. The van der Waals surface area contributed by atoms with Gasteiger partial charge in [-0.15, -0.1) is 11.3 Å². The van der Waals surface area contributed by atoms with Crippen molar-refractivity contribution in [1.29, 1.82) is 0 Å². The Hall–Kier alpha value is -1.76. The predicted octanol–water partition coefficient (Wildman–Crippen LogP) is 3.10. The molecule has 24 heavy (non-hydrogen) atoms. The number of thiazole rings is 1. The molecule has 0 aliphatic carbocycles. The number of hydrogen-bond donors (Lipinski definition) is 1. The van der Waals surface area contributed by atoms with Crippen molar-refractivity contribution in [2.45, 2.75) is 32.5 Å². The van der Waals surface area contributed by atoms with Crippen molar-refractivity contribution < 1.29 is 9.53 Å². The Morgan fingerprint density at radius 3 is 2.67 bits per heavy atom. The summed E-state index contributed by atoms with van der Waals surface area (Å²) in [6, 6.07) is 10.9. The highest BCUT2D eigenvalue weighted by Crippen LogP contribution is 2.22. The molecule has 130 valence electrons. The molecule has 1 heterocycles. The number of ether oxygens (including phenoxy) is 1. The number of esters is 1. The fraction of sp³-hybridized carbons (Fsp3) is 0.444. The fourth-order valence-corrected chi connectivity index (χ4v) is 3.50. The third-order valence-electron chi connectivity index (χ3n) is 3.78. The first-order chi connectivity index (χ1) is 11.5. The van der Waals surface area contributed by atoms with Gasteiger partial charge in [-0.3, -0.25) is 0 Å². The zero-order valence-corrected chi connectivity index (χ0v) is 15.5. The molecule has 5 nitrogen and oxygen atoms in total. The number of aromatic nitrogens is 1. The van der Waals surface area contributed by atoms with Crippen LogP contribution in [-0.2, 0) is 11.3 Å². The Kier molecular flexibility index (Phi) is 6.90. The van der Waals surface area contributed by atoms with Gasteiger partial charge in [-0.1, -0.05) is 30.3 Å². The molecule has 2 atom stereocenters. The van der Waals surface area contributed by atoms with Crippen LogP contribution >= 0.6 is 11.3 Å². The van der Waals surface area contributed by atoms with Crippen LogP contribution in [0.5, 0.6) is 0 Å². The van der Waals surface area contributed by atoms with Crippen molar-refractivity contribution >= 4 is 17.3 Å². The minimum absolute atomic E-state index is 0.234. The summed E-state index contributed by atoms with van der Waals surface area (Å²) in [4.78, 5) is 18.8. The predicted molar refractivity (Wildman–Crippen MR) is 97.2 cm³/mol. The molecule has 0 saturated heterocycles. The molecule has 0 aliphatic heterocycles. The van der Waals surface area contributed by atoms with Crippen molar-refractivity contribution in [2.75, 3.05) is 20.7 Å². The molecule has 2 aromatic rings. The second-order valence-electron chi connectivity index (χ2n) is 5.83. The van der Waals surface area contributed by atoms with Crippen LogP contribution in [-0.4, -0.2) is 42.6 Å². The molecule has 6 heteroatoms. The standard InChI is InChI=1S/C18H25N3O2S/c1-5-23-18(22)15-11-20-16(24-15)12-19-13(2)17(21(3)4)14-9-7-6-8-10-14/h6-11,13,17,19H,5,12H2,1-4H3. The van der Waals surface area contributed by atoms with Crippen molar-refractivity contribution in [3.8, 4) is 0 Å². The largest absolute Gasteiger partial charge is 0.462 e. The van der Waals surface area contributed by atoms with Gasteiger partial charge >= 0.3 is 5.97 Å². The van der Waals surface area contributed by atoms with E-state index in [4.69, 9.17) is 4.74 Å². The molecule has 0 bridgehead atoms. The molecule has 1 aromatic heterocycles. The van der Waals surface area contributed by atoms with Crippen LogP contribution in [0.3, 0.4) is 0 Å². The third kappa shape index (κ3) is 4.87. The number of nitrogens with zero attached hydrogens (tertiary/aromatic N) is 2. The summed E-state index contributed by atoms with van der Waals surface area (Å²) < 4.78 is 5.00. The number of benzene rings is 1. The summed E-state index contributed by atoms with van der Waals surface area (Å²) in [5.41, 5.74) is 1.27. The number of carbonyl (C=O) groups excluding carboxylic acids is 1. The monoisotopic (exact) mass is 347 g/mol. The summed E-state index contributed by atoms with van der Waals surface area (Å²) >= 11 is 1.38. The van der Waals surface area contributed by atoms with Gasteiger partial charge in [0.05, 0.1) is 12.8 Å². The maximum absolute atomic E-state index is 11.7. The molecule has 1 N–H and O–H groups in total. The quantitative estimate of drug-likeness (QED) is 0.744. The lowest BCUT2D eigenvalue weighted by Crippen LogP contribution is -2.38. The van der Waals surface area contributed by atoms with Gasteiger partial charge in [0.25, 0.3) is 0 Å². The minimum atomic E-state index is -0.301. The van der Waals surface area contributed by atoms with Crippen LogP contribution in [0.4, 0.5) is 0 Å². The molecular formula is C18H25N3O2S. The van der Waals surface area contributed by atoms with E-state index in [1.807, 2.05) is 6.07 Å². The maximum Gasteiger partial charge on any atom is 0.349 e. The summed E-state index contributed by atoms with van der Waals surface area (Å²) in [6.45, 7) is 4.97. The highest BCUT2D eigenvalue weighted by Gasteiger charge is 2.21. The Bertz CT molecular complexity index is 643. The van der Waals surface area contributed by atoms with E-state index in [2.05, 4.69) is 60.5 Å². The summed E-state index contributed by atoms with van der Waals surface area (Å²) in [5, 5.41) is 4.40. The van der Waals surface area contributed by atoms with Crippen molar-refractivity contribution in [1.82, 2.24) is 15.2 Å². The van der Waals surface area contributed by atoms with Gasteiger partial charge in [-0.2, -0.15) is 0 Å². The second kappa shape index (κ2) is 8.92. The van der Waals surface area contributed by atoms with Crippen LogP contribution < -0.4 is 5.32 Å². The molecule has 2 unspecified atom stereocenters. The number of nitrogens with one attached hydrogen (secondary N) is 1. The smallest absolute Gasteiger partial charge is 0.349 e. The Balaban J connectivity index is 1.98. The zero-order valence-electron chi connectivity index (χ0n) is 14.7. The second-order valence-corrected chi connectivity index (χ2v) is 6.94. The van der Waals surface area contributed by atoms with Crippen LogP contribution in [0.25, 0.3) is 0 Å². The molecule has 0 saturated carbocycles. The maximum atomic E-state index is 11.7.